The molecule has 0 saturated carbocycles. The van der Waals surface area contributed by atoms with Gasteiger partial charge in [0.2, 0.25) is 0 Å². The quantitative estimate of drug-likeness (QED) is 0.778. The molecule has 0 radical (unpaired) electrons. The molecule has 2 aromatic heterocycles. The molecule has 0 aliphatic carbocycles. The first-order valence-corrected chi connectivity index (χ1v) is 4.76. The first-order valence-electron chi connectivity index (χ1n) is 3.97. The van der Waals surface area contributed by atoms with Gasteiger partial charge >= 0.3 is 0 Å². The van der Waals surface area contributed by atoms with Crippen molar-refractivity contribution in [3.8, 4) is 11.5 Å². The van der Waals surface area contributed by atoms with Crippen molar-refractivity contribution >= 4 is 15.9 Å². The minimum Gasteiger partial charge on any atom is -0.411 e. The summed E-state index contributed by atoms with van der Waals surface area (Å²) in [4.78, 5) is 0.362. The molecule has 0 unspecified atom stereocenters. The van der Waals surface area contributed by atoms with Crippen LogP contribution in [0.15, 0.2) is 15.3 Å². The SMILES string of the molecule is Cc1cc(-c2nnc(Br)o2)c(C)nn1. The van der Waals surface area contributed by atoms with Crippen molar-refractivity contribution in [2.45, 2.75) is 13.8 Å². The third kappa shape index (κ3) is 1.65. The zero-order valence-corrected chi connectivity index (χ0v) is 9.24. The average molecular weight is 255 g/mol. The summed E-state index contributed by atoms with van der Waals surface area (Å²) in [5.74, 6) is 0.451. The van der Waals surface area contributed by atoms with E-state index in [9.17, 15) is 0 Å². The molecule has 0 aliphatic rings. The zero-order valence-electron chi connectivity index (χ0n) is 7.65. The Kier molecular flexibility index (Phi) is 2.28. The van der Waals surface area contributed by atoms with Crippen LogP contribution in [0.3, 0.4) is 0 Å². The molecule has 2 aromatic rings. The molecule has 72 valence electrons. The number of aromatic nitrogens is 4. The van der Waals surface area contributed by atoms with E-state index in [0.717, 1.165) is 17.0 Å². The molecule has 0 N–H and O–H groups in total. The van der Waals surface area contributed by atoms with Gasteiger partial charge in [0, 0.05) is 15.9 Å². The van der Waals surface area contributed by atoms with E-state index in [0.29, 0.717) is 10.7 Å². The Balaban J connectivity index is 2.55. The van der Waals surface area contributed by atoms with E-state index in [1.54, 1.807) is 0 Å². The van der Waals surface area contributed by atoms with Gasteiger partial charge in [-0.1, -0.05) is 0 Å². The molecule has 5 nitrogen and oxygen atoms in total. The molecular formula is C8H7BrN4O. The topological polar surface area (TPSA) is 64.7 Å². The second kappa shape index (κ2) is 3.45. The Morgan fingerprint density at radius 1 is 1.14 bits per heavy atom. The Morgan fingerprint density at radius 3 is 2.57 bits per heavy atom. The molecule has 0 aromatic carbocycles. The summed E-state index contributed by atoms with van der Waals surface area (Å²) in [7, 11) is 0. The standard InChI is InChI=1S/C8H7BrN4O/c1-4-3-6(5(2)11-10-4)7-12-13-8(9)14-7/h3H,1-2H3. The Morgan fingerprint density at radius 2 is 1.93 bits per heavy atom. The summed E-state index contributed by atoms with van der Waals surface area (Å²) >= 11 is 3.10. The minimum absolute atomic E-state index is 0.362. The highest BCUT2D eigenvalue weighted by molar-refractivity contribution is 9.10. The highest BCUT2D eigenvalue weighted by atomic mass is 79.9. The van der Waals surface area contributed by atoms with Gasteiger partial charge in [-0.15, -0.1) is 10.2 Å². The van der Waals surface area contributed by atoms with Crippen molar-refractivity contribution in [1.29, 1.82) is 0 Å². The van der Waals surface area contributed by atoms with E-state index < -0.39 is 0 Å². The Bertz CT molecular complexity index is 468. The maximum absolute atomic E-state index is 5.23. The number of halogens is 1. The third-order valence-corrected chi connectivity index (χ3v) is 2.05. The molecule has 0 amide bonds. The number of rotatable bonds is 1. The second-order valence-electron chi connectivity index (χ2n) is 2.84. The van der Waals surface area contributed by atoms with Crippen LogP contribution in [-0.2, 0) is 0 Å². The van der Waals surface area contributed by atoms with Gasteiger partial charge in [-0.3, -0.25) is 0 Å². The first kappa shape index (κ1) is 9.26. The Labute approximate surface area is 88.7 Å². The fourth-order valence-corrected chi connectivity index (χ4v) is 1.31. The van der Waals surface area contributed by atoms with E-state index in [-0.39, 0.29) is 0 Å². The predicted molar refractivity (Wildman–Crippen MR) is 52.5 cm³/mol. The summed E-state index contributed by atoms with van der Waals surface area (Å²) in [5.41, 5.74) is 2.40. The molecule has 2 rings (SSSR count). The third-order valence-electron chi connectivity index (χ3n) is 1.73. The molecule has 0 saturated heterocycles. The molecule has 0 aliphatic heterocycles. The summed E-state index contributed by atoms with van der Waals surface area (Å²) < 4.78 is 5.23. The van der Waals surface area contributed by atoms with Crippen LogP contribution >= 0.6 is 15.9 Å². The molecule has 14 heavy (non-hydrogen) atoms. The number of hydrogen-bond donors (Lipinski definition) is 0. The summed E-state index contributed by atoms with van der Waals surface area (Å²) in [5, 5.41) is 15.5. The smallest absolute Gasteiger partial charge is 0.285 e. The molecule has 0 atom stereocenters. The van der Waals surface area contributed by atoms with E-state index >= 15 is 0 Å². The normalized spacial score (nSPS) is 10.5. The minimum atomic E-state index is 0.362. The lowest BCUT2D eigenvalue weighted by atomic mass is 10.2. The monoisotopic (exact) mass is 254 g/mol. The van der Waals surface area contributed by atoms with Crippen LogP contribution in [0.4, 0.5) is 0 Å². The van der Waals surface area contributed by atoms with E-state index in [2.05, 4.69) is 36.3 Å². The fourth-order valence-electron chi connectivity index (χ4n) is 1.08. The molecule has 0 bridgehead atoms. The lowest BCUT2D eigenvalue weighted by Crippen LogP contribution is -1.93. The second-order valence-corrected chi connectivity index (χ2v) is 3.52. The molecule has 0 fully saturated rings. The van der Waals surface area contributed by atoms with Crippen LogP contribution in [0.5, 0.6) is 0 Å². The maximum atomic E-state index is 5.23. The van der Waals surface area contributed by atoms with Crippen LogP contribution < -0.4 is 0 Å². The molecule has 0 spiro atoms. The van der Waals surface area contributed by atoms with Gasteiger partial charge in [0.25, 0.3) is 10.7 Å². The first-order chi connectivity index (χ1) is 6.66. The number of hydrogen-bond acceptors (Lipinski definition) is 5. The van der Waals surface area contributed by atoms with Gasteiger partial charge in [-0.2, -0.15) is 10.2 Å². The van der Waals surface area contributed by atoms with Gasteiger partial charge in [0.05, 0.1) is 17.0 Å². The van der Waals surface area contributed by atoms with Crippen LogP contribution in [-0.4, -0.2) is 20.4 Å². The molecule has 2 heterocycles. The van der Waals surface area contributed by atoms with E-state index in [4.69, 9.17) is 4.42 Å². The number of nitrogens with zero attached hydrogens (tertiary/aromatic N) is 4. The summed E-state index contributed by atoms with van der Waals surface area (Å²) in [6.45, 7) is 3.71. The maximum Gasteiger partial charge on any atom is 0.285 e. The van der Waals surface area contributed by atoms with Crippen molar-refractivity contribution < 1.29 is 4.42 Å². The van der Waals surface area contributed by atoms with Gasteiger partial charge in [0.1, 0.15) is 0 Å². The largest absolute Gasteiger partial charge is 0.411 e. The summed E-state index contributed by atoms with van der Waals surface area (Å²) in [6, 6.07) is 1.86. The summed E-state index contributed by atoms with van der Waals surface area (Å²) in [6.07, 6.45) is 0. The van der Waals surface area contributed by atoms with Crippen molar-refractivity contribution in [2.24, 2.45) is 0 Å². The van der Waals surface area contributed by atoms with E-state index in [1.165, 1.54) is 0 Å². The predicted octanol–water partition coefficient (Wildman–Crippen LogP) is 1.91. The van der Waals surface area contributed by atoms with Crippen molar-refractivity contribution in [2.75, 3.05) is 0 Å². The van der Waals surface area contributed by atoms with Crippen LogP contribution in [0.2, 0.25) is 0 Å². The van der Waals surface area contributed by atoms with Gasteiger partial charge in [-0.25, -0.2) is 0 Å². The van der Waals surface area contributed by atoms with E-state index in [1.807, 2.05) is 19.9 Å². The lowest BCUT2D eigenvalue weighted by Gasteiger charge is -1.98. The fraction of sp³-hybridized carbons (Fsp3) is 0.250. The van der Waals surface area contributed by atoms with Gasteiger partial charge in [-0.05, 0) is 19.9 Å². The average Bonchev–Trinajstić information content (AvgIpc) is 2.56. The van der Waals surface area contributed by atoms with Gasteiger partial charge in [0.15, 0.2) is 0 Å². The highest BCUT2D eigenvalue weighted by Crippen LogP contribution is 2.22. The van der Waals surface area contributed by atoms with Crippen LogP contribution in [0.25, 0.3) is 11.5 Å². The molecule has 6 heteroatoms. The zero-order chi connectivity index (χ0) is 10.1. The number of aryl methyl sites for hydroxylation is 2. The van der Waals surface area contributed by atoms with Gasteiger partial charge < -0.3 is 4.42 Å². The van der Waals surface area contributed by atoms with Crippen molar-refractivity contribution in [3.05, 3.63) is 22.3 Å². The molecular weight excluding hydrogens is 248 g/mol. The van der Waals surface area contributed by atoms with Crippen molar-refractivity contribution in [1.82, 2.24) is 20.4 Å². The Hall–Kier alpha value is -1.30. The van der Waals surface area contributed by atoms with Crippen LogP contribution in [0, 0.1) is 13.8 Å². The van der Waals surface area contributed by atoms with Crippen LogP contribution in [0.1, 0.15) is 11.4 Å². The lowest BCUT2D eigenvalue weighted by molar-refractivity contribution is 0.539. The van der Waals surface area contributed by atoms with Crippen molar-refractivity contribution in [3.63, 3.8) is 0 Å². The highest BCUT2D eigenvalue weighted by Gasteiger charge is 2.10.